The van der Waals surface area contributed by atoms with E-state index < -0.39 is 12.1 Å². The molecule has 1 amide bonds. The fourth-order valence-electron chi connectivity index (χ4n) is 3.75. The third-order valence-corrected chi connectivity index (χ3v) is 5.02. The molecule has 0 unspecified atom stereocenters. The molecule has 0 atom stereocenters. The monoisotopic (exact) mass is 373 g/mol. The minimum atomic E-state index is -1.11. The molecule has 0 aliphatic heterocycles. The number of aromatic carboxylic acids is 1. The average molecular weight is 373 g/mol. The van der Waals surface area contributed by atoms with Crippen LogP contribution >= 0.6 is 0 Å². The molecular formula is C23H19NO4. The summed E-state index contributed by atoms with van der Waals surface area (Å²) in [5.74, 6) is -0.624. The van der Waals surface area contributed by atoms with E-state index in [0.29, 0.717) is 5.76 Å². The molecule has 5 heteroatoms. The summed E-state index contributed by atoms with van der Waals surface area (Å²) in [6, 6.07) is 14.5. The molecule has 28 heavy (non-hydrogen) atoms. The van der Waals surface area contributed by atoms with Crippen LogP contribution in [0.1, 0.15) is 34.8 Å². The number of fused-ring (bicyclic) bond motifs is 2. The molecule has 0 saturated carbocycles. The average Bonchev–Trinajstić information content (AvgIpc) is 3.06. The molecule has 4 rings (SSSR count). The maximum absolute atomic E-state index is 12.4. The predicted octanol–water partition coefficient (Wildman–Crippen LogP) is 5.18. The van der Waals surface area contributed by atoms with Crippen molar-refractivity contribution < 1.29 is 19.4 Å². The summed E-state index contributed by atoms with van der Waals surface area (Å²) in [7, 11) is 0. The smallest absolute Gasteiger partial charge is 0.416 e. The van der Waals surface area contributed by atoms with Gasteiger partial charge >= 0.3 is 12.1 Å². The maximum Gasteiger partial charge on any atom is 0.416 e. The number of hydrogen-bond acceptors (Lipinski definition) is 3. The number of carboxylic acids is 1. The van der Waals surface area contributed by atoms with Gasteiger partial charge in [0.05, 0.1) is 11.3 Å². The van der Waals surface area contributed by atoms with E-state index in [4.69, 9.17) is 4.74 Å². The fraction of sp³-hybridized carbons (Fsp3) is 0.130. The number of nitrogens with one attached hydrogen (secondary N) is 1. The zero-order chi connectivity index (χ0) is 19.7. The molecule has 5 nitrogen and oxygen atoms in total. The lowest BCUT2D eigenvalue weighted by molar-refractivity contribution is 0.0698. The number of carboxylic acid groups (broad SMARTS) is 1. The first-order chi connectivity index (χ1) is 13.5. The molecule has 2 aliphatic rings. The fourth-order valence-corrected chi connectivity index (χ4v) is 3.75. The van der Waals surface area contributed by atoms with Crippen LogP contribution < -0.4 is 5.32 Å². The molecular weight excluding hydrogens is 354 g/mol. The standard InChI is InChI=1S/C23H19NO4/c1-14(28-23(27)24-21-12-5-4-9-19(21)22(25)26)16-10-6-11-18-17-8-3-2-7-15(17)13-20(16)18/h2-10,12H,11,13H2,1H3,(H,24,27)(H,25,26)/b16-14+. The topological polar surface area (TPSA) is 75.6 Å². The van der Waals surface area contributed by atoms with Gasteiger partial charge < -0.3 is 9.84 Å². The SMILES string of the molecule is C/C(OC(=O)Nc1ccccc1C(=O)O)=C1/C=CCC2=C1Cc1ccccc12. The lowest BCUT2D eigenvalue weighted by atomic mass is 9.92. The van der Waals surface area contributed by atoms with Gasteiger partial charge in [-0.2, -0.15) is 0 Å². The van der Waals surface area contributed by atoms with Crippen LogP contribution in [-0.2, 0) is 11.2 Å². The van der Waals surface area contributed by atoms with E-state index in [1.54, 1.807) is 19.1 Å². The first kappa shape index (κ1) is 17.8. The molecule has 0 radical (unpaired) electrons. The Balaban J connectivity index is 1.56. The number of hydrogen-bond donors (Lipinski definition) is 2. The second-order valence-electron chi connectivity index (χ2n) is 6.73. The maximum atomic E-state index is 12.4. The quantitative estimate of drug-likeness (QED) is 0.727. The minimum absolute atomic E-state index is 0.0126. The van der Waals surface area contributed by atoms with E-state index in [0.717, 1.165) is 18.4 Å². The summed E-state index contributed by atoms with van der Waals surface area (Å²) < 4.78 is 5.49. The summed E-state index contributed by atoms with van der Waals surface area (Å²) in [5, 5.41) is 11.8. The summed E-state index contributed by atoms with van der Waals surface area (Å²) >= 11 is 0. The highest BCUT2D eigenvalue weighted by atomic mass is 16.6. The number of para-hydroxylation sites is 1. The van der Waals surface area contributed by atoms with Crippen molar-refractivity contribution in [1.82, 2.24) is 0 Å². The van der Waals surface area contributed by atoms with Crippen LogP contribution in [0.3, 0.4) is 0 Å². The van der Waals surface area contributed by atoms with Crippen LogP contribution in [0.25, 0.3) is 5.57 Å². The lowest BCUT2D eigenvalue weighted by Crippen LogP contribution is -2.16. The van der Waals surface area contributed by atoms with Crippen LogP contribution in [0.5, 0.6) is 0 Å². The summed E-state index contributed by atoms with van der Waals surface area (Å²) in [6.45, 7) is 1.75. The largest absolute Gasteiger partial charge is 0.478 e. The first-order valence-corrected chi connectivity index (χ1v) is 9.04. The Morgan fingerprint density at radius 2 is 1.79 bits per heavy atom. The number of benzene rings is 2. The number of carbonyl (C=O) groups is 2. The van der Waals surface area contributed by atoms with Crippen LogP contribution in [-0.4, -0.2) is 17.2 Å². The van der Waals surface area contributed by atoms with Gasteiger partial charge in [0.15, 0.2) is 0 Å². The zero-order valence-electron chi connectivity index (χ0n) is 15.4. The van der Waals surface area contributed by atoms with Gasteiger partial charge in [-0.15, -0.1) is 0 Å². The van der Waals surface area contributed by atoms with Crippen molar-refractivity contribution in [3.05, 3.63) is 94.3 Å². The molecule has 2 aliphatic carbocycles. The second-order valence-corrected chi connectivity index (χ2v) is 6.73. The Morgan fingerprint density at radius 3 is 2.61 bits per heavy atom. The van der Waals surface area contributed by atoms with E-state index in [9.17, 15) is 14.7 Å². The van der Waals surface area contributed by atoms with Crippen molar-refractivity contribution in [3.63, 3.8) is 0 Å². The lowest BCUT2D eigenvalue weighted by Gasteiger charge is -2.16. The Kier molecular flexibility index (Phi) is 4.57. The molecule has 140 valence electrons. The van der Waals surface area contributed by atoms with Gasteiger partial charge in [-0.1, -0.05) is 48.6 Å². The highest BCUT2D eigenvalue weighted by Crippen LogP contribution is 2.42. The van der Waals surface area contributed by atoms with Crippen molar-refractivity contribution in [1.29, 1.82) is 0 Å². The van der Waals surface area contributed by atoms with Gasteiger partial charge in [0.25, 0.3) is 0 Å². The molecule has 0 spiro atoms. The molecule has 2 aromatic rings. The van der Waals surface area contributed by atoms with Crippen LogP contribution in [0.2, 0.25) is 0 Å². The van der Waals surface area contributed by atoms with Crippen molar-refractivity contribution in [2.75, 3.05) is 5.32 Å². The minimum Gasteiger partial charge on any atom is -0.478 e. The third kappa shape index (κ3) is 3.22. The van der Waals surface area contributed by atoms with Crippen LogP contribution in [0.15, 0.2) is 77.6 Å². The Morgan fingerprint density at radius 1 is 1.04 bits per heavy atom. The predicted molar refractivity (Wildman–Crippen MR) is 107 cm³/mol. The van der Waals surface area contributed by atoms with E-state index in [-0.39, 0.29) is 11.3 Å². The number of allylic oxidation sites excluding steroid dienone is 6. The van der Waals surface area contributed by atoms with E-state index in [1.807, 2.05) is 18.2 Å². The van der Waals surface area contributed by atoms with Crippen molar-refractivity contribution in [2.24, 2.45) is 0 Å². The second kappa shape index (κ2) is 7.19. The van der Waals surface area contributed by atoms with Gasteiger partial charge in [0.1, 0.15) is 5.76 Å². The molecule has 0 fully saturated rings. The number of ether oxygens (including phenoxy) is 1. The highest BCUT2D eigenvalue weighted by molar-refractivity contribution is 5.98. The van der Waals surface area contributed by atoms with Gasteiger partial charge in [0, 0.05) is 5.57 Å². The third-order valence-electron chi connectivity index (χ3n) is 5.02. The number of rotatable bonds is 3. The Bertz CT molecular complexity index is 1080. The van der Waals surface area contributed by atoms with Gasteiger partial charge in [-0.3, -0.25) is 5.32 Å². The number of anilines is 1. The molecule has 2 N–H and O–H groups in total. The van der Waals surface area contributed by atoms with Gasteiger partial charge in [-0.05, 0) is 54.2 Å². The summed E-state index contributed by atoms with van der Waals surface area (Å²) in [6.07, 6.45) is 5.02. The molecule has 0 aromatic heterocycles. The molecule has 0 heterocycles. The summed E-state index contributed by atoms with van der Waals surface area (Å²) in [4.78, 5) is 23.6. The van der Waals surface area contributed by atoms with E-state index >= 15 is 0 Å². The van der Waals surface area contributed by atoms with Crippen molar-refractivity contribution in [2.45, 2.75) is 19.8 Å². The molecule has 0 saturated heterocycles. The normalized spacial score (nSPS) is 16.3. The first-order valence-electron chi connectivity index (χ1n) is 9.04. The zero-order valence-corrected chi connectivity index (χ0v) is 15.4. The number of amides is 1. The number of carbonyl (C=O) groups excluding carboxylic acids is 1. The van der Waals surface area contributed by atoms with Crippen LogP contribution in [0.4, 0.5) is 10.5 Å². The van der Waals surface area contributed by atoms with Gasteiger partial charge in [0.2, 0.25) is 0 Å². The van der Waals surface area contributed by atoms with E-state index in [1.165, 1.54) is 34.4 Å². The molecule has 0 bridgehead atoms. The van der Waals surface area contributed by atoms with Crippen LogP contribution in [0, 0.1) is 0 Å². The summed E-state index contributed by atoms with van der Waals surface area (Å²) in [5.41, 5.74) is 6.10. The van der Waals surface area contributed by atoms with E-state index in [2.05, 4.69) is 23.5 Å². The van der Waals surface area contributed by atoms with Crippen molar-refractivity contribution >= 4 is 23.3 Å². The van der Waals surface area contributed by atoms with Gasteiger partial charge in [-0.25, -0.2) is 9.59 Å². The molecule has 2 aromatic carbocycles. The van der Waals surface area contributed by atoms with Crippen molar-refractivity contribution in [3.8, 4) is 0 Å². The Hall–Kier alpha value is -3.60. The Labute approximate surface area is 162 Å². The highest BCUT2D eigenvalue weighted by Gasteiger charge is 2.26.